The second-order valence-corrected chi connectivity index (χ2v) is 2.25. The predicted octanol–water partition coefficient (Wildman–Crippen LogP) is 1.14. The smallest absolute Gasteiger partial charge is 0.402 e. The molecule has 0 atom stereocenters. The quantitative estimate of drug-likeness (QED) is 0.514. The number of hydrogen-bond donors (Lipinski definition) is 2. The molecule has 0 aromatic carbocycles. The third kappa shape index (κ3) is 17.9. The first-order valence-corrected chi connectivity index (χ1v) is 3.72. The maximum Gasteiger partial charge on any atom is 0.402 e. The third-order valence-electron chi connectivity index (χ3n) is 0.786. The number of primary amides is 1. The average molecular weight is 189 g/mol. The first-order chi connectivity index (χ1) is 5.91. The molecule has 0 radical (unpaired) electrons. The van der Waals surface area contributed by atoms with Crippen LogP contribution in [0.5, 0.6) is 0 Å². The summed E-state index contributed by atoms with van der Waals surface area (Å²) in [5, 5.41) is 7.19. The Morgan fingerprint density at radius 1 is 1.54 bits per heavy atom. The number of hydrogen-bond acceptors (Lipinski definition) is 3. The molecule has 0 unspecified atom stereocenters. The number of amides is 1. The Kier molecular flexibility index (Phi) is 9.25. The molecule has 76 valence electrons. The van der Waals surface area contributed by atoms with Crippen LogP contribution in [0.15, 0.2) is 12.2 Å². The fourth-order valence-corrected chi connectivity index (χ4v) is 0.318. The highest BCUT2D eigenvalue weighted by molar-refractivity contribution is 5.86. The SMILES string of the molecule is C=C(C)C(=O)OCCC.NC(=O)O. The molecule has 0 aliphatic carbocycles. The highest BCUT2D eigenvalue weighted by atomic mass is 16.5. The maximum absolute atomic E-state index is 10.6. The first kappa shape index (κ1) is 14.0. The number of rotatable bonds is 3. The Labute approximate surface area is 77.2 Å². The van der Waals surface area contributed by atoms with Crippen molar-refractivity contribution in [3.63, 3.8) is 0 Å². The molecule has 0 spiro atoms. The van der Waals surface area contributed by atoms with Crippen molar-refractivity contribution in [3.8, 4) is 0 Å². The van der Waals surface area contributed by atoms with Gasteiger partial charge in [-0.3, -0.25) is 0 Å². The first-order valence-electron chi connectivity index (χ1n) is 3.72. The normalized spacial score (nSPS) is 7.85. The largest absolute Gasteiger partial charge is 0.465 e. The lowest BCUT2D eigenvalue weighted by Gasteiger charge is -1.99. The van der Waals surface area contributed by atoms with Gasteiger partial charge in [0, 0.05) is 5.57 Å². The van der Waals surface area contributed by atoms with Crippen LogP contribution in [0.3, 0.4) is 0 Å². The van der Waals surface area contributed by atoms with E-state index in [1.54, 1.807) is 6.92 Å². The van der Waals surface area contributed by atoms with Gasteiger partial charge in [-0.2, -0.15) is 0 Å². The molecule has 5 nitrogen and oxygen atoms in total. The Balaban J connectivity index is 0. The summed E-state index contributed by atoms with van der Waals surface area (Å²) in [6, 6.07) is 0. The fourth-order valence-electron chi connectivity index (χ4n) is 0.318. The number of carbonyl (C=O) groups excluding carboxylic acids is 1. The second-order valence-electron chi connectivity index (χ2n) is 2.25. The van der Waals surface area contributed by atoms with Crippen LogP contribution in [0.2, 0.25) is 0 Å². The van der Waals surface area contributed by atoms with Crippen LogP contribution in [0.4, 0.5) is 4.79 Å². The van der Waals surface area contributed by atoms with Crippen molar-refractivity contribution in [2.75, 3.05) is 6.61 Å². The summed E-state index contributed by atoms with van der Waals surface area (Å²) in [5.41, 5.74) is 4.49. The molecule has 0 aliphatic heterocycles. The minimum Gasteiger partial charge on any atom is -0.465 e. The topological polar surface area (TPSA) is 89.6 Å². The maximum atomic E-state index is 10.6. The van der Waals surface area contributed by atoms with Gasteiger partial charge >= 0.3 is 12.1 Å². The molecule has 3 N–H and O–H groups in total. The molecule has 5 heteroatoms. The minimum atomic E-state index is -1.33. The van der Waals surface area contributed by atoms with Crippen LogP contribution in [-0.4, -0.2) is 23.8 Å². The van der Waals surface area contributed by atoms with E-state index in [0.29, 0.717) is 12.2 Å². The molecule has 0 aromatic heterocycles. The Hall–Kier alpha value is -1.52. The number of carbonyl (C=O) groups is 2. The van der Waals surface area contributed by atoms with E-state index >= 15 is 0 Å². The van der Waals surface area contributed by atoms with E-state index in [1.807, 2.05) is 6.92 Å². The van der Waals surface area contributed by atoms with Crippen LogP contribution in [0, 0.1) is 0 Å². The molecule has 0 saturated carbocycles. The van der Waals surface area contributed by atoms with Crippen molar-refractivity contribution < 1.29 is 19.4 Å². The lowest BCUT2D eigenvalue weighted by atomic mass is 10.4. The van der Waals surface area contributed by atoms with E-state index in [9.17, 15) is 4.79 Å². The molecule has 0 bridgehead atoms. The Morgan fingerprint density at radius 2 is 1.92 bits per heavy atom. The summed E-state index contributed by atoms with van der Waals surface area (Å²) in [7, 11) is 0. The summed E-state index contributed by atoms with van der Waals surface area (Å²) in [5.74, 6) is -0.295. The van der Waals surface area contributed by atoms with Crippen LogP contribution in [0.1, 0.15) is 20.3 Å². The van der Waals surface area contributed by atoms with Crippen molar-refractivity contribution in [1.82, 2.24) is 0 Å². The second kappa shape index (κ2) is 8.58. The van der Waals surface area contributed by atoms with E-state index in [1.165, 1.54) is 0 Å². The summed E-state index contributed by atoms with van der Waals surface area (Å²) < 4.78 is 4.71. The van der Waals surface area contributed by atoms with E-state index in [0.717, 1.165) is 6.42 Å². The monoisotopic (exact) mass is 189 g/mol. The molecule has 1 amide bonds. The van der Waals surface area contributed by atoms with Crippen molar-refractivity contribution in [1.29, 1.82) is 0 Å². The summed E-state index contributed by atoms with van der Waals surface area (Å²) >= 11 is 0. The third-order valence-corrected chi connectivity index (χ3v) is 0.786. The van der Waals surface area contributed by atoms with Crippen LogP contribution >= 0.6 is 0 Å². The van der Waals surface area contributed by atoms with Gasteiger partial charge in [-0.1, -0.05) is 13.5 Å². The summed E-state index contributed by atoms with van der Waals surface area (Å²) in [6.45, 7) is 7.51. The predicted molar refractivity (Wildman–Crippen MR) is 48.3 cm³/mol. The average Bonchev–Trinajstić information content (AvgIpc) is 1.98. The van der Waals surface area contributed by atoms with E-state index in [2.05, 4.69) is 12.3 Å². The van der Waals surface area contributed by atoms with Crippen LogP contribution in [-0.2, 0) is 9.53 Å². The fraction of sp³-hybridized carbons (Fsp3) is 0.500. The van der Waals surface area contributed by atoms with Gasteiger partial charge in [0.05, 0.1) is 6.61 Å². The lowest BCUT2D eigenvalue weighted by molar-refractivity contribution is -0.138. The highest BCUT2D eigenvalue weighted by Crippen LogP contribution is 1.91. The van der Waals surface area contributed by atoms with Crippen molar-refractivity contribution in [2.24, 2.45) is 5.73 Å². The van der Waals surface area contributed by atoms with E-state index in [4.69, 9.17) is 14.6 Å². The highest BCUT2D eigenvalue weighted by Gasteiger charge is 1.99. The molecular formula is C8H15NO4. The van der Waals surface area contributed by atoms with Crippen LogP contribution < -0.4 is 5.73 Å². The molecule has 0 fully saturated rings. The molecule has 0 aromatic rings. The van der Waals surface area contributed by atoms with Crippen molar-refractivity contribution in [2.45, 2.75) is 20.3 Å². The van der Waals surface area contributed by atoms with E-state index < -0.39 is 6.09 Å². The molecule has 0 heterocycles. The molecule has 13 heavy (non-hydrogen) atoms. The van der Waals surface area contributed by atoms with Gasteiger partial charge in [0.1, 0.15) is 0 Å². The van der Waals surface area contributed by atoms with E-state index in [-0.39, 0.29) is 5.97 Å². The minimum absolute atomic E-state index is 0.295. The summed E-state index contributed by atoms with van der Waals surface area (Å²) in [4.78, 5) is 19.4. The Morgan fingerprint density at radius 3 is 2.15 bits per heavy atom. The van der Waals surface area contributed by atoms with Crippen LogP contribution in [0.25, 0.3) is 0 Å². The van der Waals surface area contributed by atoms with Crippen molar-refractivity contribution in [3.05, 3.63) is 12.2 Å². The number of nitrogens with two attached hydrogens (primary N) is 1. The van der Waals surface area contributed by atoms with Gasteiger partial charge in [0.15, 0.2) is 0 Å². The Bertz CT molecular complexity index is 185. The lowest BCUT2D eigenvalue weighted by Crippen LogP contribution is -2.04. The van der Waals surface area contributed by atoms with Gasteiger partial charge in [-0.05, 0) is 13.3 Å². The van der Waals surface area contributed by atoms with Gasteiger partial charge in [-0.25, -0.2) is 9.59 Å². The molecule has 0 rings (SSSR count). The molecular weight excluding hydrogens is 174 g/mol. The zero-order valence-corrected chi connectivity index (χ0v) is 7.87. The number of carboxylic acid groups (broad SMARTS) is 1. The molecule has 0 saturated heterocycles. The van der Waals surface area contributed by atoms with Gasteiger partial charge in [0.2, 0.25) is 0 Å². The van der Waals surface area contributed by atoms with Gasteiger partial charge < -0.3 is 15.6 Å². The zero-order chi connectivity index (χ0) is 10.9. The van der Waals surface area contributed by atoms with Gasteiger partial charge in [-0.15, -0.1) is 0 Å². The number of esters is 1. The number of ether oxygens (including phenoxy) is 1. The van der Waals surface area contributed by atoms with Gasteiger partial charge in [0.25, 0.3) is 0 Å². The summed E-state index contributed by atoms with van der Waals surface area (Å²) in [6.07, 6.45) is -0.473. The molecule has 0 aliphatic rings. The van der Waals surface area contributed by atoms with Crippen molar-refractivity contribution >= 4 is 12.1 Å². The zero-order valence-electron chi connectivity index (χ0n) is 7.87. The standard InChI is InChI=1S/C7H12O2.CH3NO2/c1-4-5-9-7(8)6(2)3;2-1(3)4/h2,4-5H2,1,3H3;2H2,(H,3,4).